The quantitative estimate of drug-likeness (QED) is 0.315. The second-order valence-corrected chi connectivity index (χ2v) is 3.69. The minimum absolute atomic E-state index is 0.311. The number of rotatable bonds is 4. The summed E-state index contributed by atoms with van der Waals surface area (Å²) in [6, 6.07) is 0. The summed E-state index contributed by atoms with van der Waals surface area (Å²) < 4.78 is 24.0. The van der Waals surface area contributed by atoms with E-state index < -0.39 is 24.3 Å². The molecule has 0 radical (unpaired) electrons. The van der Waals surface area contributed by atoms with Gasteiger partial charge in [0.1, 0.15) is 5.41 Å². The highest BCUT2D eigenvalue weighted by Gasteiger charge is 2.35. The Morgan fingerprint density at radius 2 is 2.07 bits per heavy atom. The van der Waals surface area contributed by atoms with Crippen LogP contribution < -0.4 is 5.73 Å². The first-order chi connectivity index (χ1) is 6.73. The van der Waals surface area contributed by atoms with Gasteiger partial charge in [0.05, 0.1) is 6.54 Å². The third-order valence-electron chi connectivity index (χ3n) is 2.04. The zero-order valence-corrected chi connectivity index (χ0v) is 8.87. The second-order valence-electron chi connectivity index (χ2n) is 3.69. The number of alkyl halides is 2. The maximum absolute atomic E-state index is 12.0. The van der Waals surface area contributed by atoms with Gasteiger partial charge in [-0.3, -0.25) is 4.79 Å². The molecule has 0 bridgehead atoms. The highest BCUT2D eigenvalue weighted by Crippen LogP contribution is 2.18. The summed E-state index contributed by atoms with van der Waals surface area (Å²) in [5.74, 6) is -0.938. The molecule has 0 aromatic heterocycles. The van der Waals surface area contributed by atoms with Crippen molar-refractivity contribution in [3.05, 3.63) is 0 Å². The average molecular weight is 223 g/mol. The predicted octanol–water partition coefficient (Wildman–Crippen LogP) is 0.483. The molecule has 0 atom stereocenters. The molecular weight excluding hydrogens is 208 g/mol. The van der Waals surface area contributed by atoms with Crippen LogP contribution in [0.15, 0.2) is 5.16 Å². The number of oxime groups is 1. The molecule has 15 heavy (non-hydrogen) atoms. The number of hydrogen-bond donors (Lipinski definition) is 2. The fourth-order valence-electron chi connectivity index (χ4n) is 1.00. The van der Waals surface area contributed by atoms with Gasteiger partial charge >= 0.3 is 0 Å². The zero-order chi connectivity index (χ0) is 12.2. The van der Waals surface area contributed by atoms with Crippen LogP contribution in [0.2, 0.25) is 0 Å². The molecule has 88 valence electrons. The molecule has 0 fully saturated rings. The van der Waals surface area contributed by atoms with E-state index in [9.17, 15) is 13.6 Å². The monoisotopic (exact) mass is 223 g/mol. The second kappa shape index (κ2) is 4.90. The van der Waals surface area contributed by atoms with Crippen LogP contribution >= 0.6 is 0 Å². The maximum atomic E-state index is 12.0. The lowest BCUT2D eigenvalue weighted by molar-refractivity contribution is -0.137. The molecule has 0 unspecified atom stereocenters. The Bertz CT molecular complexity index is 267. The summed E-state index contributed by atoms with van der Waals surface area (Å²) in [6.45, 7) is 2.11. The molecule has 0 saturated heterocycles. The normalized spacial score (nSPS) is 13.1. The van der Waals surface area contributed by atoms with Crippen LogP contribution in [-0.4, -0.2) is 41.9 Å². The Hall–Kier alpha value is -1.40. The Labute approximate surface area is 86.5 Å². The van der Waals surface area contributed by atoms with Crippen LogP contribution in [-0.2, 0) is 4.79 Å². The summed E-state index contributed by atoms with van der Waals surface area (Å²) in [5, 5.41) is 11.1. The highest BCUT2D eigenvalue weighted by molar-refractivity contribution is 6.05. The van der Waals surface area contributed by atoms with Crippen LogP contribution in [0.3, 0.4) is 0 Å². The lowest BCUT2D eigenvalue weighted by Gasteiger charge is -2.27. The molecule has 0 rings (SSSR count). The molecule has 0 aromatic carbocycles. The van der Waals surface area contributed by atoms with Crippen molar-refractivity contribution in [1.29, 1.82) is 0 Å². The average Bonchev–Trinajstić information content (AvgIpc) is 2.13. The number of carbonyl (C=O) groups is 1. The summed E-state index contributed by atoms with van der Waals surface area (Å²) >= 11 is 0. The van der Waals surface area contributed by atoms with Crippen molar-refractivity contribution in [2.45, 2.75) is 20.3 Å². The number of carbonyl (C=O) groups excluding carboxylic acids is 1. The van der Waals surface area contributed by atoms with E-state index in [1.807, 2.05) is 0 Å². The molecular formula is C8H15F2N3O2. The largest absolute Gasteiger partial charge is 0.409 e. The van der Waals surface area contributed by atoms with E-state index >= 15 is 0 Å². The number of nitrogens with zero attached hydrogens (tertiary/aromatic N) is 2. The number of halogens is 2. The molecule has 1 amide bonds. The lowest BCUT2D eigenvalue weighted by Crippen LogP contribution is -2.47. The van der Waals surface area contributed by atoms with Gasteiger partial charge < -0.3 is 15.8 Å². The van der Waals surface area contributed by atoms with E-state index in [0.29, 0.717) is 0 Å². The molecule has 5 nitrogen and oxygen atoms in total. The molecule has 0 aromatic rings. The lowest BCUT2D eigenvalue weighted by atomic mass is 9.90. The van der Waals surface area contributed by atoms with Gasteiger partial charge in [-0.05, 0) is 13.8 Å². The maximum Gasteiger partial charge on any atom is 0.255 e. The number of amides is 1. The number of nitrogens with two attached hydrogens (primary N) is 1. The van der Waals surface area contributed by atoms with Crippen molar-refractivity contribution in [3.8, 4) is 0 Å². The van der Waals surface area contributed by atoms with Crippen molar-refractivity contribution < 1.29 is 18.8 Å². The van der Waals surface area contributed by atoms with E-state index in [2.05, 4.69) is 5.16 Å². The fourth-order valence-corrected chi connectivity index (χ4v) is 1.00. The Kier molecular flexibility index (Phi) is 4.44. The van der Waals surface area contributed by atoms with Crippen molar-refractivity contribution in [1.82, 2.24) is 4.90 Å². The van der Waals surface area contributed by atoms with Gasteiger partial charge in [0.15, 0.2) is 5.84 Å². The third-order valence-corrected chi connectivity index (χ3v) is 2.04. The van der Waals surface area contributed by atoms with E-state index in [1.54, 1.807) is 0 Å². The Balaban J connectivity index is 4.70. The van der Waals surface area contributed by atoms with Crippen LogP contribution in [0.25, 0.3) is 0 Å². The van der Waals surface area contributed by atoms with Crippen LogP contribution in [0, 0.1) is 5.41 Å². The van der Waals surface area contributed by atoms with Gasteiger partial charge in [-0.15, -0.1) is 0 Å². The van der Waals surface area contributed by atoms with Crippen molar-refractivity contribution in [3.63, 3.8) is 0 Å². The fraction of sp³-hybridized carbons (Fsp3) is 0.750. The van der Waals surface area contributed by atoms with Crippen LogP contribution in [0.5, 0.6) is 0 Å². The molecule has 0 heterocycles. The molecule has 3 N–H and O–H groups in total. The van der Waals surface area contributed by atoms with Crippen LogP contribution in [0.1, 0.15) is 13.8 Å². The smallest absolute Gasteiger partial charge is 0.255 e. The standard InChI is InChI=1S/C8H15F2N3O2/c1-8(2,6(11)12-15)7(14)13(3)4-5(9)10/h5,15H,4H2,1-3H3,(H2,11,12). The van der Waals surface area contributed by atoms with Gasteiger partial charge in [0.25, 0.3) is 6.43 Å². The van der Waals surface area contributed by atoms with Gasteiger partial charge in [0.2, 0.25) is 5.91 Å². The first kappa shape index (κ1) is 13.6. The zero-order valence-electron chi connectivity index (χ0n) is 8.87. The van der Waals surface area contributed by atoms with E-state index in [4.69, 9.17) is 10.9 Å². The van der Waals surface area contributed by atoms with Crippen molar-refractivity contribution >= 4 is 11.7 Å². The molecule has 0 saturated carbocycles. The van der Waals surface area contributed by atoms with Crippen molar-refractivity contribution in [2.24, 2.45) is 16.3 Å². The molecule has 0 aliphatic rings. The van der Waals surface area contributed by atoms with Crippen molar-refractivity contribution in [2.75, 3.05) is 13.6 Å². The minimum atomic E-state index is -2.61. The number of amidine groups is 1. The first-order valence-electron chi connectivity index (χ1n) is 4.25. The minimum Gasteiger partial charge on any atom is -0.409 e. The summed E-state index contributed by atoms with van der Waals surface area (Å²) in [4.78, 5) is 12.5. The van der Waals surface area contributed by atoms with Crippen LogP contribution in [0.4, 0.5) is 8.78 Å². The summed E-state index contributed by atoms with van der Waals surface area (Å²) in [7, 11) is 1.24. The Morgan fingerprint density at radius 1 is 1.60 bits per heavy atom. The van der Waals surface area contributed by atoms with E-state index in [0.717, 1.165) is 4.90 Å². The van der Waals surface area contributed by atoms with E-state index in [-0.39, 0.29) is 5.84 Å². The molecule has 0 aliphatic heterocycles. The van der Waals surface area contributed by atoms with Gasteiger partial charge in [-0.1, -0.05) is 5.16 Å². The van der Waals surface area contributed by atoms with E-state index in [1.165, 1.54) is 20.9 Å². The van der Waals surface area contributed by atoms with Gasteiger partial charge in [-0.25, -0.2) is 8.78 Å². The van der Waals surface area contributed by atoms with Gasteiger partial charge in [0, 0.05) is 7.05 Å². The SMILES string of the molecule is CN(CC(F)F)C(=O)C(C)(C)C(N)=NO. The topological polar surface area (TPSA) is 78.9 Å². The summed E-state index contributed by atoms with van der Waals surface area (Å²) in [5.41, 5.74) is 3.99. The first-order valence-corrected chi connectivity index (χ1v) is 4.25. The third kappa shape index (κ3) is 3.34. The number of hydrogen-bond acceptors (Lipinski definition) is 3. The predicted molar refractivity (Wildman–Crippen MR) is 50.8 cm³/mol. The Morgan fingerprint density at radius 3 is 2.40 bits per heavy atom. The molecule has 0 aliphatic carbocycles. The highest BCUT2D eigenvalue weighted by atomic mass is 19.3. The molecule has 0 spiro atoms. The summed E-state index contributed by atoms with van der Waals surface area (Å²) in [6.07, 6.45) is -2.61. The van der Waals surface area contributed by atoms with Gasteiger partial charge in [-0.2, -0.15) is 0 Å². The molecule has 7 heteroatoms.